The molecule has 0 amide bonds. The number of ketones is 2. The van der Waals surface area contributed by atoms with Crippen LogP contribution in [0.2, 0.25) is 5.02 Å². The van der Waals surface area contributed by atoms with E-state index >= 15 is 0 Å². The second kappa shape index (κ2) is 11.9. The SMILES string of the molecule is COCCCN1C2=C(C(=O)CC(C)(C)C2)C(c2cc(Cl)ccc2OCc2ccc([N+](=O)[O-])cc2)C2=C1CC(C)(C)CC2=O. The van der Waals surface area contributed by atoms with E-state index in [2.05, 4.69) is 32.6 Å². The predicted octanol–water partition coefficient (Wildman–Crippen LogP) is 7.55. The zero-order valence-corrected chi connectivity index (χ0v) is 26.3. The number of methoxy groups -OCH3 is 1. The summed E-state index contributed by atoms with van der Waals surface area (Å²) >= 11 is 6.58. The van der Waals surface area contributed by atoms with Crippen LogP contribution in [0.1, 0.15) is 76.8 Å². The van der Waals surface area contributed by atoms with Crippen molar-refractivity contribution in [1.82, 2.24) is 4.90 Å². The minimum atomic E-state index is -0.596. The molecule has 0 radical (unpaired) electrons. The molecule has 0 saturated heterocycles. The first-order valence-electron chi connectivity index (χ1n) is 14.7. The number of hydrogen-bond donors (Lipinski definition) is 0. The molecule has 2 aliphatic carbocycles. The maximum absolute atomic E-state index is 14.1. The van der Waals surface area contributed by atoms with Gasteiger partial charge in [-0.15, -0.1) is 0 Å². The van der Waals surface area contributed by atoms with E-state index in [1.165, 1.54) is 12.1 Å². The van der Waals surface area contributed by atoms with E-state index < -0.39 is 10.8 Å². The van der Waals surface area contributed by atoms with Crippen molar-refractivity contribution in [3.05, 3.63) is 91.3 Å². The molecule has 0 atom stereocenters. The predicted molar refractivity (Wildman–Crippen MR) is 165 cm³/mol. The third kappa shape index (κ3) is 6.41. The Morgan fingerprint density at radius 2 is 1.51 bits per heavy atom. The standard InChI is InChI=1S/C34H39ClN2O6/c1-33(2)16-25-31(27(38)18-33)30(32-26(36(25)13-6-14-42-5)17-34(3,4)19-28(32)39)24-15-22(35)9-12-29(24)43-20-21-7-10-23(11-8-21)37(40)41/h7-12,15,30H,6,13-14,16-20H2,1-5H3. The third-order valence-corrected chi connectivity index (χ3v) is 8.81. The fourth-order valence-electron chi connectivity index (χ4n) is 6.75. The number of nitrogens with zero attached hydrogens (tertiary/aromatic N) is 2. The topological polar surface area (TPSA) is 99.0 Å². The van der Waals surface area contributed by atoms with E-state index in [0.29, 0.717) is 66.3 Å². The van der Waals surface area contributed by atoms with Crippen LogP contribution in [0.15, 0.2) is 65.0 Å². The summed E-state index contributed by atoms with van der Waals surface area (Å²) in [6.45, 7) is 9.87. The number of hydrogen-bond acceptors (Lipinski definition) is 7. The zero-order valence-electron chi connectivity index (χ0n) is 25.5. The molecule has 8 nitrogen and oxygen atoms in total. The highest BCUT2D eigenvalue weighted by molar-refractivity contribution is 6.30. The van der Waals surface area contributed by atoms with Gasteiger partial charge in [-0.3, -0.25) is 19.7 Å². The Kier molecular flexibility index (Phi) is 8.56. The Morgan fingerprint density at radius 3 is 2.05 bits per heavy atom. The van der Waals surface area contributed by atoms with Gasteiger partial charge >= 0.3 is 0 Å². The molecule has 228 valence electrons. The summed E-state index contributed by atoms with van der Waals surface area (Å²) in [6, 6.07) is 11.5. The average Bonchev–Trinajstić information content (AvgIpc) is 2.91. The smallest absolute Gasteiger partial charge is 0.269 e. The minimum Gasteiger partial charge on any atom is -0.489 e. The number of nitro benzene ring substituents is 1. The normalized spacial score (nSPS) is 19.8. The monoisotopic (exact) mass is 606 g/mol. The Bertz CT molecular complexity index is 1470. The molecule has 0 aromatic heterocycles. The summed E-state index contributed by atoms with van der Waals surface area (Å²) < 4.78 is 11.7. The van der Waals surface area contributed by atoms with Crippen LogP contribution in [0.25, 0.3) is 0 Å². The van der Waals surface area contributed by atoms with E-state index in [1.54, 1.807) is 31.4 Å². The van der Waals surface area contributed by atoms with Crippen molar-refractivity contribution in [3.8, 4) is 5.75 Å². The van der Waals surface area contributed by atoms with E-state index in [0.717, 1.165) is 23.4 Å². The van der Waals surface area contributed by atoms with Gasteiger partial charge in [0.25, 0.3) is 5.69 Å². The molecule has 2 aromatic carbocycles. The van der Waals surface area contributed by atoms with E-state index in [-0.39, 0.29) is 34.7 Å². The molecule has 1 aliphatic heterocycles. The summed E-state index contributed by atoms with van der Waals surface area (Å²) in [5.74, 6) is 0.00734. The molecule has 3 aliphatic rings. The van der Waals surface area contributed by atoms with Crippen molar-refractivity contribution >= 4 is 28.9 Å². The number of carbonyl (C=O) groups excluding carboxylic acids is 2. The fourth-order valence-corrected chi connectivity index (χ4v) is 6.93. The van der Waals surface area contributed by atoms with Crippen LogP contribution in [-0.2, 0) is 20.9 Å². The van der Waals surface area contributed by atoms with Gasteiger partial charge in [0.05, 0.1) is 4.92 Å². The lowest BCUT2D eigenvalue weighted by Crippen LogP contribution is -2.44. The second-order valence-corrected chi connectivity index (χ2v) is 13.9. The fraction of sp³-hybridized carbons (Fsp3) is 0.471. The Morgan fingerprint density at radius 1 is 0.930 bits per heavy atom. The molecule has 0 spiro atoms. The highest BCUT2D eigenvalue weighted by atomic mass is 35.5. The summed E-state index contributed by atoms with van der Waals surface area (Å²) in [4.78, 5) is 41.1. The largest absolute Gasteiger partial charge is 0.489 e. The molecule has 1 heterocycles. The van der Waals surface area contributed by atoms with Crippen LogP contribution in [0.5, 0.6) is 5.75 Å². The first-order chi connectivity index (χ1) is 20.3. The average molecular weight is 607 g/mol. The van der Waals surface area contributed by atoms with Gasteiger partial charge < -0.3 is 14.4 Å². The number of carbonyl (C=O) groups is 2. The Balaban J connectivity index is 1.65. The summed E-state index contributed by atoms with van der Waals surface area (Å²) in [5, 5.41) is 11.6. The quantitative estimate of drug-likeness (QED) is 0.165. The van der Waals surface area contributed by atoms with Crippen LogP contribution < -0.4 is 4.74 Å². The van der Waals surface area contributed by atoms with Gasteiger partial charge in [-0.2, -0.15) is 0 Å². The van der Waals surface area contributed by atoms with Gasteiger partial charge in [0.2, 0.25) is 0 Å². The molecule has 0 saturated carbocycles. The highest BCUT2D eigenvalue weighted by Crippen LogP contribution is 2.55. The number of ether oxygens (including phenoxy) is 2. The highest BCUT2D eigenvalue weighted by Gasteiger charge is 2.49. The van der Waals surface area contributed by atoms with Crippen LogP contribution in [0.4, 0.5) is 5.69 Å². The lowest BCUT2D eigenvalue weighted by Gasteiger charge is -2.49. The molecular weight excluding hydrogens is 568 g/mol. The first-order valence-corrected chi connectivity index (χ1v) is 15.1. The van der Waals surface area contributed by atoms with Crippen LogP contribution in [0, 0.1) is 20.9 Å². The van der Waals surface area contributed by atoms with E-state index in [9.17, 15) is 19.7 Å². The van der Waals surface area contributed by atoms with Gasteiger partial charge in [-0.05, 0) is 66.0 Å². The molecule has 0 bridgehead atoms. The molecule has 0 fully saturated rings. The van der Waals surface area contributed by atoms with Crippen molar-refractivity contribution in [3.63, 3.8) is 0 Å². The van der Waals surface area contributed by atoms with Gasteiger partial charge in [-0.25, -0.2) is 0 Å². The molecule has 43 heavy (non-hydrogen) atoms. The first kappa shape index (κ1) is 31.0. The van der Waals surface area contributed by atoms with E-state index in [1.807, 2.05) is 6.07 Å². The van der Waals surface area contributed by atoms with Gasteiger partial charge in [-0.1, -0.05) is 39.3 Å². The van der Waals surface area contributed by atoms with Crippen molar-refractivity contribution in [2.75, 3.05) is 20.3 Å². The van der Waals surface area contributed by atoms with Crippen LogP contribution >= 0.6 is 11.6 Å². The lowest BCUT2D eigenvalue weighted by atomic mass is 9.63. The maximum Gasteiger partial charge on any atom is 0.269 e. The van der Waals surface area contributed by atoms with Crippen LogP contribution in [-0.4, -0.2) is 41.7 Å². The van der Waals surface area contributed by atoms with Gasteiger partial charge in [0.15, 0.2) is 11.6 Å². The van der Waals surface area contributed by atoms with Crippen molar-refractivity contribution in [1.29, 1.82) is 0 Å². The van der Waals surface area contributed by atoms with E-state index in [4.69, 9.17) is 21.1 Å². The maximum atomic E-state index is 14.1. The Labute approximate surface area is 257 Å². The lowest BCUT2D eigenvalue weighted by molar-refractivity contribution is -0.384. The van der Waals surface area contributed by atoms with Crippen molar-refractivity contribution < 1.29 is 24.0 Å². The van der Waals surface area contributed by atoms with Crippen LogP contribution in [0.3, 0.4) is 0 Å². The second-order valence-electron chi connectivity index (χ2n) is 13.4. The number of non-ortho nitro benzene ring substituents is 1. The zero-order chi connectivity index (χ0) is 31.1. The molecule has 5 rings (SSSR count). The summed E-state index contributed by atoms with van der Waals surface area (Å²) in [6.07, 6.45) is 2.95. The van der Waals surface area contributed by atoms with Gasteiger partial charge in [0.1, 0.15) is 12.4 Å². The molecule has 2 aromatic rings. The molecule has 9 heteroatoms. The number of benzene rings is 2. The molecule has 0 unspecified atom stereocenters. The molecule has 0 N–H and O–H groups in total. The Hall–Kier alpha value is -3.49. The summed E-state index contributed by atoms with van der Waals surface area (Å²) in [5.41, 5.74) is 4.27. The third-order valence-electron chi connectivity index (χ3n) is 8.58. The number of nitro groups is 1. The van der Waals surface area contributed by atoms with Crippen molar-refractivity contribution in [2.24, 2.45) is 10.8 Å². The summed E-state index contributed by atoms with van der Waals surface area (Å²) in [7, 11) is 1.68. The van der Waals surface area contributed by atoms with Gasteiger partial charge in [0, 0.05) is 84.3 Å². The minimum absolute atomic E-state index is 0.00425. The number of Topliss-reactive ketones (excluding diaryl/α,β-unsaturated/α-hetero) is 2. The molecular formula is C34H39ClN2O6. The number of rotatable bonds is 9. The van der Waals surface area contributed by atoms with Crippen molar-refractivity contribution in [2.45, 2.75) is 72.3 Å². The number of halogens is 1. The number of allylic oxidation sites excluding steroid dienone is 4.